The first-order chi connectivity index (χ1) is 5.24. The number of likely N-dealkylation sites (tertiary alicyclic amines) is 1. The van der Waals surface area contributed by atoms with Gasteiger partial charge in [-0.2, -0.15) is 0 Å². The van der Waals surface area contributed by atoms with Gasteiger partial charge in [-0.1, -0.05) is 6.92 Å². The second-order valence-corrected chi connectivity index (χ2v) is 3.19. The van der Waals surface area contributed by atoms with Gasteiger partial charge in [0.1, 0.15) is 0 Å². The van der Waals surface area contributed by atoms with Crippen molar-refractivity contribution in [2.75, 3.05) is 33.9 Å². The van der Waals surface area contributed by atoms with Crippen molar-refractivity contribution in [3.63, 3.8) is 0 Å². The van der Waals surface area contributed by atoms with E-state index in [9.17, 15) is 4.39 Å². The molecule has 2 N–H and O–H groups in total. The zero-order valence-corrected chi connectivity index (χ0v) is 7.68. The summed E-state index contributed by atoms with van der Waals surface area (Å²) in [6.45, 7) is 5.55. The predicted molar refractivity (Wildman–Crippen MR) is 46.2 cm³/mol. The summed E-state index contributed by atoms with van der Waals surface area (Å²) < 4.78 is 9.50. The summed E-state index contributed by atoms with van der Waals surface area (Å²) in [6.07, 6.45) is 0. The highest BCUT2D eigenvalue weighted by molar-refractivity contribution is 4.79. The lowest BCUT2D eigenvalue weighted by molar-refractivity contribution is 0.396. The summed E-state index contributed by atoms with van der Waals surface area (Å²) in [5.74, 6) is 1.55. The molecular weight excluding hydrogens is 143 g/mol. The molecule has 0 amide bonds. The zero-order valence-electron chi connectivity index (χ0n) is 7.68. The highest BCUT2D eigenvalue weighted by Crippen LogP contribution is 2.19. The number of hydrogen-bond acceptors (Lipinski definition) is 2. The maximum Gasteiger partial charge on any atom is 0.0785 e. The van der Waals surface area contributed by atoms with Crippen LogP contribution in [-0.4, -0.2) is 38.8 Å². The summed E-state index contributed by atoms with van der Waals surface area (Å²) in [6, 6.07) is 0. The average molecular weight is 162 g/mol. The topological polar surface area (TPSA) is 29.3 Å². The van der Waals surface area contributed by atoms with Gasteiger partial charge in [-0.05, 0) is 25.4 Å². The Morgan fingerprint density at radius 2 is 2.00 bits per heavy atom. The van der Waals surface area contributed by atoms with Crippen molar-refractivity contribution in [3.05, 3.63) is 0 Å². The van der Waals surface area contributed by atoms with Gasteiger partial charge in [0.15, 0.2) is 0 Å². The SMILES string of the molecule is CC1CN(C)CC1CN.CF. The number of hydrogen-bond donors (Lipinski definition) is 1. The molecule has 0 spiro atoms. The van der Waals surface area contributed by atoms with Crippen LogP contribution in [0.5, 0.6) is 0 Å². The Morgan fingerprint density at radius 3 is 2.18 bits per heavy atom. The first kappa shape index (κ1) is 10.8. The molecule has 0 saturated carbocycles. The minimum Gasteiger partial charge on any atom is -0.330 e. The van der Waals surface area contributed by atoms with E-state index in [-0.39, 0.29) is 0 Å². The fourth-order valence-corrected chi connectivity index (χ4v) is 1.60. The van der Waals surface area contributed by atoms with Gasteiger partial charge in [0, 0.05) is 13.1 Å². The second kappa shape index (κ2) is 5.49. The molecule has 1 heterocycles. The summed E-state index contributed by atoms with van der Waals surface area (Å²) in [7, 11) is 2.66. The van der Waals surface area contributed by atoms with Gasteiger partial charge in [-0.15, -0.1) is 0 Å². The highest BCUT2D eigenvalue weighted by Gasteiger charge is 2.25. The third-order valence-electron chi connectivity index (χ3n) is 2.25. The Bertz CT molecular complexity index is 98.1. The first-order valence-electron chi connectivity index (χ1n) is 4.00. The van der Waals surface area contributed by atoms with Crippen molar-refractivity contribution in [2.45, 2.75) is 6.92 Å². The number of nitrogens with zero attached hydrogens (tertiary/aromatic N) is 1. The summed E-state index contributed by atoms with van der Waals surface area (Å²) in [5, 5.41) is 0. The minimum absolute atomic E-state index is 0.500. The molecule has 1 rings (SSSR count). The number of nitrogens with two attached hydrogens (primary N) is 1. The first-order valence-corrected chi connectivity index (χ1v) is 4.00. The third kappa shape index (κ3) is 3.16. The fraction of sp³-hybridized carbons (Fsp3) is 1.00. The summed E-state index contributed by atoms with van der Waals surface area (Å²) in [4.78, 5) is 2.35. The van der Waals surface area contributed by atoms with Crippen LogP contribution in [-0.2, 0) is 0 Å². The van der Waals surface area contributed by atoms with Crippen molar-refractivity contribution in [1.29, 1.82) is 0 Å². The molecule has 0 aromatic heterocycles. The van der Waals surface area contributed by atoms with Crippen LogP contribution in [0.2, 0.25) is 0 Å². The van der Waals surface area contributed by atoms with E-state index in [0.717, 1.165) is 18.4 Å². The Labute approximate surface area is 68.6 Å². The van der Waals surface area contributed by atoms with Crippen LogP contribution in [0.4, 0.5) is 4.39 Å². The molecule has 2 nitrogen and oxygen atoms in total. The molecule has 2 atom stereocenters. The molecule has 1 aliphatic heterocycles. The Kier molecular flexibility index (Phi) is 5.42. The van der Waals surface area contributed by atoms with Crippen molar-refractivity contribution < 1.29 is 4.39 Å². The van der Waals surface area contributed by atoms with Gasteiger partial charge >= 0.3 is 0 Å². The fourth-order valence-electron chi connectivity index (χ4n) is 1.60. The Hall–Kier alpha value is -0.150. The van der Waals surface area contributed by atoms with Crippen LogP contribution in [0.1, 0.15) is 6.92 Å². The maximum atomic E-state index is 9.50. The molecule has 0 bridgehead atoms. The molecule has 11 heavy (non-hydrogen) atoms. The lowest BCUT2D eigenvalue weighted by atomic mass is 9.99. The molecule has 0 aliphatic carbocycles. The molecule has 2 unspecified atom stereocenters. The van der Waals surface area contributed by atoms with Crippen LogP contribution in [0.15, 0.2) is 0 Å². The van der Waals surface area contributed by atoms with Gasteiger partial charge in [-0.25, -0.2) is 0 Å². The second-order valence-electron chi connectivity index (χ2n) is 3.19. The molecular formula is C8H19FN2. The zero-order chi connectivity index (χ0) is 8.85. The van der Waals surface area contributed by atoms with E-state index in [4.69, 9.17) is 5.73 Å². The lowest BCUT2D eigenvalue weighted by Gasteiger charge is -2.08. The molecule has 3 heteroatoms. The molecule has 0 radical (unpaired) electrons. The predicted octanol–water partition coefficient (Wildman–Crippen LogP) is 0.728. The van der Waals surface area contributed by atoms with Gasteiger partial charge in [0.25, 0.3) is 0 Å². The van der Waals surface area contributed by atoms with E-state index < -0.39 is 0 Å². The molecule has 1 aliphatic rings. The van der Waals surface area contributed by atoms with E-state index in [2.05, 4.69) is 18.9 Å². The van der Waals surface area contributed by atoms with E-state index in [1.54, 1.807) is 0 Å². The normalized spacial score (nSPS) is 31.4. The minimum atomic E-state index is 0.500. The van der Waals surface area contributed by atoms with Crippen molar-refractivity contribution >= 4 is 0 Å². The van der Waals surface area contributed by atoms with Crippen LogP contribution in [0.3, 0.4) is 0 Å². The Balaban J connectivity index is 0.000000461. The summed E-state index contributed by atoms with van der Waals surface area (Å²) >= 11 is 0. The van der Waals surface area contributed by atoms with Crippen LogP contribution < -0.4 is 5.73 Å². The van der Waals surface area contributed by atoms with Gasteiger partial charge in [0.05, 0.1) is 7.18 Å². The van der Waals surface area contributed by atoms with Crippen LogP contribution in [0, 0.1) is 11.8 Å². The molecule has 68 valence electrons. The van der Waals surface area contributed by atoms with Crippen LogP contribution >= 0.6 is 0 Å². The van der Waals surface area contributed by atoms with Gasteiger partial charge < -0.3 is 10.6 Å². The highest BCUT2D eigenvalue weighted by atomic mass is 19.1. The molecule has 1 saturated heterocycles. The van der Waals surface area contributed by atoms with Crippen LogP contribution in [0.25, 0.3) is 0 Å². The number of rotatable bonds is 1. The van der Waals surface area contributed by atoms with E-state index in [0.29, 0.717) is 7.18 Å². The summed E-state index contributed by atoms with van der Waals surface area (Å²) in [5.41, 5.74) is 5.56. The van der Waals surface area contributed by atoms with Gasteiger partial charge in [0.2, 0.25) is 0 Å². The maximum absolute atomic E-state index is 9.50. The number of alkyl halides is 1. The van der Waals surface area contributed by atoms with E-state index >= 15 is 0 Å². The van der Waals surface area contributed by atoms with E-state index in [1.807, 2.05) is 0 Å². The molecule has 0 aromatic carbocycles. The largest absolute Gasteiger partial charge is 0.330 e. The number of halogens is 1. The standard InChI is InChI=1S/C7H16N2.CH3F/c1-6-4-9(2)5-7(6)3-8;1-2/h6-7H,3-5,8H2,1-2H3;1H3. The quantitative estimate of drug-likeness (QED) is 0.616. The Morgan fingerprint density at radius 1 is 1.45 bits per heavy atom. The smallest absolute Gasteiger partial charge is 0.0785 e. The molecule has 1 fully saturated rings. The third-order valence-corrected chi connectivity index (χ3v) is 2.25. The van der Waals surface area contributed by atoms with E-state index in [1.165, 1.54) is 13.1 Å². The lowest BCUT2D eigenvalue weighted by Crippen LogP contribution is -2.20. The van der Waals surface area contributed by atoms with Crippen molar-refractivity contribution in [3.8, 4) is 0 Å². The van der Waals surface area contributed by atoms with Gasteiger partial charge in [-0.3, -0.25) is 4.39 Å². The monoisotopic (exact) mass is 162 g/mol. The molecule has 0 aromatic rings. The average Bonchev–Trinajstić information content (AvgIpc) is 2.33. The van der Waals surface area contributed by atoms with Crippen molar-refractivity contribution in [1.82, 2.24) is 4.90 Å². The van der Waals surface area contributed by atoms with Crippen molar-refractivity contribution in [2.24, 2.45) is 17.6 Å².